The summed E-state index contributed by atoms with van der Waals surface area (Å²) >= 11 is 3.47. The lowest BCUT2D eigenvalue weighted by Gasteiger charge is -2.10. The Labute approximate surface area is 128 Å². The Kier molecular flexibility index (Phi) is 8.25. The Bertz CT molecular complexity index is 427. The zero-order chi connectivity index (χ0) is 14.8. The number of rotatable bonds is 9. The van der Waals surface area contributed by atoms with E-state index in [0.29, 0.717) is 18.9 Å². The van der Waals surface area contributed by atoms with Crippen molar-refractivity contribution in [1.29, 1.82) is 0 Å². The molecule has 0 aliphatic heterocycles. The fourth-order valence-electron chi connectivity index (χ4n) is 1.61. The minimum atomic E-state index is -0.126. The van der Waals surface area contributed by atoms with Gasteiger partial charge in [-0.25, -0.2) is 0 Å². The predicted molar refractivity (Wildman–Crippen MR) is 81.9 cm³/mol. The third-order valence-corrected chi connectivity index (χ3v) is 3.38. The molecule has 0 aromatic heterocycles. The standard InChI is InChI=1S/C14H21BrN2O3/c1-16-9-11-8-12(4-5-13(11)15)20-10-14(18)17-6-3-7-19-2/h4-5,8,16H,3,6-7,9-10H2,1-2H3,(H,17,18). The first kappa shape index (κ1) is 16.9. The molecule has 0 radical (unpaired) electrons. The molecule has 5 nitrogen and oxygen atoms in total. The summed E-state index contributed by atoms with van der Waals surface area (Å²) in [4.78, 5) is 11.6. The SMILES string of the molecule is CNCc1cc(OCC(=O)NCCCOC)ccc1Br. The van der Waals surface area contributed by atoms with Crippen LogP contribution in [0.4, 0.5) is 0 Å². The molecule has 112 valence electrons. The summed E-state index contributed by atoms with van der Waals surface area (Å²) in [5.41, 5.74) is 1.09. The van der Waals surface area contributed by atoms with Gasteiger partial charge in [0.1, 0.15) is 5.75 Å². The molecule has 0 heterocycles. The number of hydrogen-bond acceptors (Lipinski definition) is 4. The first-order valence-corrected chi connectivity index (χ1v) is 7.28. The highest BCUT2D eigenvalue weighted by molar-refractivity contribution is 9.10. The fraction of sp³-hybridized carbons (Fsp3) is 0.500. The molecule has 1 rings (SSSR count). The highest BCUT2D eigenvalue weighted by atomic mass is 79.9. The van der Waals surface area contributed by atoms with Crippen LogP contribution in [0.15, 0.2) is 22.7 Å². The third-order valence-electron chi connectivity index (χ3n) is 2.60. The number of hydrogen-bond donors (Lipinski definition) is 2. The second-order valence-electron chi connectivity index (χ2n) is 4.27. The van der Waals surface area contributed by atoms with Crippen molar-refractivity contribution in [2.75, 3.05) is 33.9 Å². The molecule has 2 N–H and O–H groups in total. The number of halogens is 1. The van der Waals surface area contributed by atoms with E-state index in [-0.39, 0.29) is 12.5 Å². The first-order valence-electron chi connectivity index (χ1n) is 6.49. The lowest BCUT2D eigenvalue weighted by molar-refractivity contribution is -0.123. The molecular formula is C14H21BrN2O3. The second kappa shape index (κ2) is 9.74. The average molecular weight is 345 g/mol. The van der Waals surface area contributed by atoms with E-state index in [0.717, 1.165) is 23.0 Å². The number of methoxy groups -OCH3 is 1. The monoisotopic (exact) mass is 344 g/mol. The molecule has 1 aromatic carbocycles. The van der Waals surface area contributed by atoms with Gasteiger partial charge in [-0.05, 0) is 37.2 Å². The Balaban J connectivity index is 2.37. The number of benzene rings is 1. The fourth-order valence-corrected chi connectivity index (χ4v) is 2.00. The summed E-state index contributed by atoms with van der Waals surface area (Å²) in [5, 5.41) is 5.85. The van der Waals surface area contributed by atoms with Crippen molar-refractivity contribution in [3.63, 3.8) is 0 Å². The first-order chi connectivity index (χ1) is 9.67. The normalized spacial score (nSPS) is 10.3. The van der Waals surface area contributed by atoms with Gasteiger partial charge in [-0.2, -0.15) is 0 Å². The van der Waals surface area contributed by atoms with Crippen LogP contribution >= 0.6 is 15.9 Å². The van der Waals surface area contributed by atoms with E-state index in [1.54, 1.807) is 7.11 Å². The van der Waals surface area contributed by atoms with Crippen LogP contribution in [0.2, 0.25) is 0 Å². The summed E-state index contributed by atoms with van der Waals surface area (Å²) in [6.07, 6.45) is 0.798. The van der Waals surface area contributed by atoms with Crippen molar-refractivity contribution in [2.45, 2.75) is 13.0 Å². The number of ether oxygens (including phenoxy) is 2. The zero-order valence-electron chi connectivity index (χ0n) is 11.9. The molecule has 0 saturated carbocycles. The van der Waals surface area contributed by atoms with Gasteiger partial charge < -0.3 is 20.1 Å². The van der Waals surface area contributed by atoms with Gasteiger partial charge in [-0.15, -0.1) is 0 Å². The maximum atomic E-state index is 11.6. The smallest absolute Gasteiger partial charge is 0.257 e. The van der Waals surface area contributed by atoms with Gasteiger partial charge in [-0.3, -0.25) is 4.79 Å². The maximum Gasteiger partial charge on any atom is 0.257 e. The molecular weight excluding hydrogens is 324 g/mol. The largest absolute Gasteiger partial charge is 0.484 e. The van der Waals surface area contributed by atoms with Gasteiger partial charge >= 0.3 is 0 Å². The van der Waals surface area contributed by atoms with Crippen LogP contribution in [0, 0.1) is 0 Å². The summed E-state index contributed by atoms with van der Waals surface area (Å²) in [7, 11) is 3.52. The molecule has 0 atom stereocenters. The number of amides is 1. The Morgan fingerprint density at radius 1 is 1.40 bits per heavy atom. The molecule has 1 aromatic rings. The molecule has 0 saturated heterocycles. The van der Waals surface area contributed by atoms with Crippen LogP contribution < -0.4 is 15.4 Å². The van der Waals surface area contributed by atoms with Crippen molar-refractivity contribution >= 4 is 21.8 Å². The quantitative estimate of drug-likeness (QED) is 0.669. The van der Waals surface area contributed by atoms with Gasteiger partial charge in [0.2, 0.25) is 0 Å². The van der Waals surface area contributed by atoms with Crippen LogP contribution in [0.5, 0.6) is 5.75 Å². The van der Waals surface area contributed by atoms with E-state index in [2.05, 4.69) is 26.6 Å². The summed E-state index contributed by atoms with van der Waals surface area (Å²) < 4.78 is 11.4. The molecule has 0 bridgehead atoms. The van der Waals surface area contributed by atoms with Crippen LogP contribution in [-0.2, 0) is 16.1 Å². The lowest BCUT2D eigenvalue weighted by Crippen LogP contribution is -2.30. The number of nitrogens with one attached hydrogen (secondary N) is 2. The zero-order valence-corrected chi connectivity index (χ0v) is 13.5. The average Bonchev–Trinajstić information content (AvgIpc) is 2.45. The van der Waals surface area contributed by atoms with Crippen LogP contribution in [-0.4, -0.2) is 39.8 Å². The topological polar surface area (TPSA) is 59.6 Å². The number of carbonyl (C=O) groups is 1. The molecule has 20 heavy (non-hydrogen) atoms. The van der Waals surface area contributed by atoms with E-state index in [4.69, 9.17) is 9.47 Å². The predicted octanol–water partition coefficient (Wildman–Crippen LogP) is 1.70. The van der Waals surface area contributed by atoms with Crippen LogP contribution in [0.25, 0.3) is 0 Å². The van der Waals surface area contributed by atoms with Gasteiger partial charge in [0.05, 0.1) is 0 Å². The molecule has 0 aliphatic carbocycles. The second-order valence-corrected chi connectivity index (χ2v) is 5.12. The molecule has 0 fully saturated rings. The molecule has 1 amide bonds. The lowest BCUT2D eigenvalue weighted by atomic mass is 10.2. The third kappa shape index (κ3) is 6.36. The van der Waals surface area contributed by atoms with Crippen LogP contribution in [0.1, 0.15) is 12.0 Å². The van der Waals surface area contributed by atoms with Crippen molar-refractivity contribution < 1.29 is 14.3 Å². The van der Waals surface area contributed by atoms with Gasteiger partial charge in [0, 0.05) is 31.3 Å². The Hall–Kier alpha value is -1.11. The van der Waals surface area contributed by atoms with E-state index in [1.807, 2.05) is 25.2 Å². The molecule has 6 heteroatoms. The van der Waals surface area contributed by atoms with Gasteiger partial charge in [-0.1, -0.05) is 15.9 Å². The van der Waals surface area contributed by atoms with E-state index in [1.165, 1.54) is 0 Å². The number of carbonyl (C=O) groups excluding carboxylic acids is 1. The van der Waals surface area contributed by atoms with E-state index >= 15 is 0 Å². The maximum absolute atomic E-state index is 11.6. The van der Waals surface area contributed by atoms with Gasteiger partial charge in [0.15, 0.2) is 6.61 Å². The van der Waals surface area contributed by atoms with Crippen LogP contribution in [0.3, 0.4) is 0 Å². The minimum absolute atomic E-state index is 0.0214. The van der Waals surface area contributed by atoms with E-state index in [9.17, 15) is 4.79 Å². The van der Waals surface area contributed by atoms with Crippen molar-refractivity contribution in [3.8, 4) is 5.75 Å². The Morgan fingerprint density at radius 2 is 2.20 bits per heavy atom. The minimum Gasteiger partial charge on any atom is -0.484 e. The summed E-state index contributed by atoms with van der Waals surface area (Å²) in [6, 6.07) is 5.67. The van der Waals surface area contributed by atoms with Crippen molar-refractivity contribution in [1.82, 2.24) is 10.6 Å². The highest BCUT2D eigenvalue weighted by Crippen LogP contribution is 2.22. The van der Waals surface area contributed by atoms with Crippen molar-refractivity contribution in [2.24, 2.45) is 0 Å². The van der Waals surface area contributed by atoms with E-state index < -0.39 is 0 Å². The summed E-state index contributed by atoms with van der Waals surface area (Å²) in [5.74, 6) is 0.560. The summed E-state index contributed by atoms with van der Waals surface area (Å²) in [6.45, 7) is 2.00. The molecule has 0 spiro atoms. The van der Waals surface area contributed by atoms with Crippen molar-refractivity contribution in [3.05, 3.63) is 28.2 Å². The molecule has 0 unspecified atom stereocenters. The van der Waals surface area contributed by atoms with Gasteiger partial charge in [0.25, 0.3) is 5.91 Å². The highest BCUT2D eigenvalue weighted by Gasteiger charge is 2.05. The molecule has 0 aliphatic rings. The Morgan fingerprint density at radius 3 is 2.90 bits per heavy atom.